The van der Waals surface area contributed by atoms with Gasteiger partial charge in [-0.2, -0.15) is 0 Å². The van der Waals surface area contributed by atoms with Gasteiger partial charge in [0, 0.05) is 31.8 Å². The van der Waals surface area contributed by atoms with Gasteiger partial charge in [0.25, 0.3) is 0 Å². The standard InChI is InChI=1S/C13H19FN2O2/c1-9(15-8-13(17)16(2)3)11-6-5-10(18-4)7-12(11)14/h5-7,9,15H,8H2,1-4H3. The maximum Gasteiger partial charge on any atom is 0.236 e. The van der Waals surface area contributed by atoms with Gasteiger partial charge in [-0.05, 0) is 13.0 Å². The molecule has 18 heavy (non-hydrogen) atoms. The number of benzene rings is 1. The van der Waals surface area contributed by atoms with Crippen LogP contribution < -0.4 is 10.1 Å². The number of carbonyl (C=O) groups excluding carboxylic acids is 1. The van der Waals surface area contributed by atoms with Gasteiger partial charge in [0.1, 0.15) is 11.6 Å². The molecule has 0 aliphatic carbocycles. The predicted octanol–water partition coefficient (Wildman–Crippen LogP) is 1.57. The summed E-state index contributed by atoms with van der Waals surface area (Å²) in [4.78, 5) is 12.9. The van der Waals surface area contributed by atoms with E-state index in [4.69, 9.17) is 4.74 Å². The molecule has 0 bridgehead atoms. The van der Waals surface area contributed by atoms with Crippen molar-refractivity contribution in [1.82, 2.24) is 10.2 Å². The van der Waals surface area contributed by atoms with Crippen molar-refractivity contribution in [2.45, 2.75) is 13.0 Å². The Hall–Kier alpha value is -1.62. The molecule has 0 aliphatic heterocycles. The molecule has 0 fully saturated rings. The maximum absolute atomic E-state index is 13.8. The average molecular weight is 254 g/mol. The second-order valence-corrected chi connectivity index (χ2v) is 4.28. The molecule has 1 rings (SSSR count). The number of hydrogen-bond acceptors (Lipinski definition) is 3. The third-order valence-corrected chi connectivity index (χ3v) is 2.73. The lowest BCUT2D eigenvalue weighted by Gasteiger charge is -2.17. The van der Waals surface area contributed by atoms with E-state index in [0.29, 0.717) is 11.3 Å². The van der Waals surface area contributed by atoms with Gasteiger partial charge in [-0.1, -0.05) is 6.07 Å². The zero-order valence-corrected chi connectivity index (χ0v) is 11.2. The molecule has 0 heterocycles. The molecule has 1 aromatic carbocycles. The summed E-state index contributed by atoms with van der Waals surface area (Å²) in [6.07, 6.45) is 0. The molecule has 1 aromatic rings. The van der Waals surface area contributed by atoms with Gasteiger partial charge in [0.2, 0.25) is 5.91 Å². The molecule has 0 saturated heterocycles. The highest BCUT2D eigenvalue weighted by Gasteiger charge is 2.13. The predicted molar refractivity (Wildman–Crippen MR) is 68.1 cm³/mol. The molecule has 0 saturated carbocycles. The van der Waals surface area contributed by atoms with Crippen molar-refractivity contribution in [2.75, 3.05) is 27.7 Å². The van der Waals surface area contributed by atoms with Crippen molar-refractivity contribution in [3.8, 4) is 5.75 Å². The van der Waals surface area contributed by atoms with Crippen LogP contribution >= 0.6 is 0 Å². The van der Waals surface area contributed by atoms with Crippen LogP contribution in [0.25, 0.3) is 0 Å². The topological polar surface area (TPSA) is 41.6 Å². The smallest absolute Gasteiger partial charge is 0.236 e. The molecule has 0 aliphatic rings. The van der Waals surface area contributed by atoms with E-state index in [0.717, 1.165) is 0 Å². The third kappa shape index (κ3) is 3.70. The van der Waals surface area contributed by atoms with E-state index in [1.807, 2.05) is 6.92 Å². The molecule has 100 valence electrons. The SMILES string of the molecule is COc1ccc(C(C)NCC(=O)N(C)C)c(F)c1. The lowest BCUT2D eigenvalue weighted by molar-refractivity contribution is -0.127. The Kier molecular flexibility index (Phi) is 5.09. The molecule has 0 aromatic heterocycles. The monoisotopic (exact) mass is 254 g/mol. The molecule has 4 nitrogen and oxygen atoms in total. The van der Waals surface area contributed by atoms with Crippen molar-refractivity contribution in [3.05, 3.63) is 29.6 Å². The van der Waals surface area contributed by atoms with Gasteiger partial charge in [-0.3, -0.25) is 4.79 Å². The van der Waals surface area contributed by atoms with Gasteiger partial charge in [0.05, 0.1) is 13.7 Å². The van der Waals surface area contributed by atoms with Crippen LogP contribution in [0.3, 0.4) is 0 Å². The lowest BCUT2D eigenvalue weighted by Crippen LogP contribution is -2.34. The number of nitrogens with zero attached hydrogens (tertiary/aromatic N) is 1. The summed E-state index contributed by atoms with van der Waals surface area (Å²) in [5.74, 6) is 0.0928. The van der Waals surface area contributed by atoms with Crippen LogP contribution in [0, 0.1) is 5.82 Å². The van der Waals surface area contributed by atoms with Crippen molar-refractivity contribution in [1.29, 1.82) is 0 Å². The van der Waals surface area contributed by atoms with E-state index in [-0.39, 0.29) is 24.3 Å². The summed E-state index contributed by atoms with van der Waals surface area (Å²) in [5, 5.41) is 2.99. The number of hydrogen-bond donors (Lipinski definition) is 1. The number of ether oxygens (including phenoxy) is 1. The molecule has 1 amide bonds. The fourth-order valence-electron chi connectivity index (χ4n) is 1.49. The van der Waals surface area contributed by atoms with Crippen LogP contribution in [-0.2, 0) is 4.79 Å². The van der Waals surface area contributed by atoms with Gasteiger partial charge < -0.3 is 15.0 Å². The second kappa shape index (κ2) is 6.35. The highest BCUT2D eigenvalue weighted by Crippen LogP contribution is 2.21. The molecule has 1 unspecified atom stereocenters. The normalized spacial score (nSPS) is 12.1. The fraction of sp³-hybridized carbons (Fsp3) is 0.462. The number of amides is 1. The van der Waals surface area contributed by atoms with E-state index in [1.54, 1.807) is 26.2 Å². The van der Waals surface area contributed by atoms with Crippen LogP contribution in [0.1, 0.15) is 18.5 Å². The number of nitrogens with one attached hydrogen (secondary N) is 1. The summed E-state index contributed by atoms with van der Waals surface area (Å²) >= 11 is 0. The number of likely N-dealkylation sites (N-methyl/N-ethyl adjacent to an activating group) is 1. The Bertz CT molecular complexity index is 421. The number of halogens is 1. The van der Waals surface area contributed by atoms with Gasteiger partial charge in [-0.25, -0.2) is 4.39 Å². The minimum atomic E-state index is -0.341. The van der Waals surface area contributed by atoms with E-state index in [9.17, 15) is 9.18 Å². The van der Waals surface area contributed by atoms with Gasteiger partial charge in [0.15, 0.2) is 0 Å². The summed E-state index contributed by atoms with van der Waals surface area (Å²) in [6.45, 7) is 1.99. The first kappa shape index (κ1) is 14.4. The zero-order chi connectivity index (χ0) is 13.7. The molecule has 0 radical (unpaired) electrons. The molecular formula is C13H19FN2O2. The third-order valence-electron chi connectivity index (χ3n) is 2.73. The minimum absolute atomic E-state index is 0.0456. The minimum Gasteiger partial charge on any atom is -0.497 e. The summed E-state index contributed by atoms with van der Waals surface area (Å²) in [5.41, 5.74) is 0.516. The Balaban J connectivity index is 2.67. The van der Waals surface area contributed by atoms with E-state index < -0.39 is 0 Å². The Morgan fingerprint density at radius 2 is 2.17 bits per heavy atom. The summed E-state index contributed by atoms with van der Waals surface area (Å²) in [7, 11) is 4.86. The molecule has 5 heteroatoms. The molecule has 1 atom stereocenters. The first-order valence-electron chi connectivity index (χ1n) is 5.72. The highest BCUT2D eigenvalue weighted by molar-refractivity contribution is 5.77. The number of methoxy groups -OCH3 is 1. The zero-order valence-electron chi connectivity index (χ0n) is 11.2. The maximum atomic E-state index is 13.8. The van der Waals surface area contributed by atoms with Crippen LogP contribution in [0.4, 0.5) is 4.39 Å². The van der Waals surface area contributed by atoms with Crippen LogP contribution in [-0.4, -0.2) is 38.6 Å². The van der Waals surface area contributed by atoms with Gasteiger partial charge in [-0.15, -0.1) is 0 Å². The number of rotatable bonds is 5. The Morgan fingerprint density at radius 1 is 1.50 bits per heavy atom. The fourth-order valence-corrected chi connectivity index (χ4v) is 1.49. The van der Waals surface area contributed by atoms with Crippen molar-refractivity contribution in [3.63, 3.8) is 0 Å². The summed E-state index contributed by atoms with van der Waals surface area (Å²) < 4.78 is 18.7. The van der Waals surface area contributed by atoms with E-state index >= 15 is 0 Å². The molecular weight excluding hydrogens is 235 g/mol. The largest absolute Gasteiger partial charge is 0.497 e. The number of carbonyl (C=O) groups is 1. The first-order chi connectivity index (χ1) is 8.45. The summed E-state index contributed by atoms with van der Waals surface area (Å²) in [6, 6.07) is 4.46. The molecule has 0 spiro atoms. The quantitative estimate of drug-likeness (QED) is 0.867. The first-order valence-corrected chi connectivity index (χ1v) is 5.72. The second-order valence-electron chi connectivity index (χ2n) is 4.28. The van der Waals surface area contributed by atoms with Gasteiger partial charge >= 0.3 is 0 Å². The highest BCUT2D eigenvalue weighted by atomic mass is 19.1. The van der Waals surface area contributed by atoms with Crippen molar-refractivity contribution in [2.24, 2.45) is 0 Å². The van der Waals surface area contributed by atoms with Crippen molar-refractivity contribution < 1.29 is 13.9 Å². The van der Waals surface area contributed by atoms with E-state index in [1.165, 1.54) is 18.1 Å². The average Bonchev–Trinajstić information content (AvgIpc) is 2.34. The van der Waals surface area contributed by atoms with Crippen LogP contribution in [0.2, 0.25) is 0 Å². The Morgan fingerprint density at radius 3 is 2.67 bits per heavy atom. The lowest BCUT2D eigenvalue weighted by atomic mass is 10.1. The van der Waals surface area contributed by atoms with E-state index in [2.05, 4.69) is 5.32 Å². The Labute approximate surface area is 107 Å². The van der Waals surface area contributed by atoms with Crippen LogP contribution in [0.15, 0.2) is 18.2 Å². The van der Waals surface area contributed by atoms with Crippen LogP contribution in [0.5, 0.6) is 5.75 Å². The van der Waals surface area contributed by atoms with Crippen molar-refractivity contribution >= 4 is 5.91 Å². The molecule has 1 N–H and O–H groups in total.